The van der Waals surface area contributed by atoms with Crippen molar-refractivity contribution in [2.24, 2.45) is 0 Å². The zero-order valence-corrected chi connectivity index (χ0v) is 12.9. The predicted octanol–water partition coefficient (Wildman–Crippen LogP) is 4.75. The molecule has 3 rings (SSSR count). The molecule has 0 aliphatic carbocycles. The van der Waals surface area contributed by atoms with Crippen molar-refractivity contribution in [3.8, 4) is 0 Å². The summed E-state index contributed by atoms with van der Waals surface area (Å²) in [7, 11) is 0. The van der Waals surface area contributed by atoms with Crippen molar-refractivity contribution >= 4 is 38.5 Å². The molecular weight excluding hydrogens is 314 g/mol. The third kappa shape index (κ3) is 2.65. The van der Waals surface area contributed by atoms with Crippen LogP contribution in [0.15, 0.2) is 47.1 Å². The first-order chi connectivity index (χ1) is 9.61. The summed E-state index contributed by atoms with van der Waals surface area (Å²) in [6.07, 6.45) is 1.77. The van der Waals surface area contributed by atoms with Gasteiger partial charge in [0, 0.05) is 16.1 Å². The molecule has 0 fully saturated rings. The third-order valence-electron chi connectivity index (χ3n) is 3.14. The summed E-state index contributed by atoms with van der Waals surface area (Å²) < 4.78 is 0.960. The number of benzene rings is 1. The minimum atomic E-state index is 0.788. The molecule has 20 heavy (non-hydrogen) atoms. The Kier molecular flexibility index (Phi) is 3.40. The van der Waals surface area contributed by atoms with E-state index in [1.165, 1.54) is 5.56 Å². The first-order valence-corrected chi connectivity index (χ1v) is 7.18. The van der Waals surface area contributed by atoms with Crippen LogP contribution < -0.4 is 5.32 Å². The molecule has 1 N–H and O–H groups in total. The first-order valence-electron chi connectivity index (χ1n) is 6.38. The van der Waals surface area contributed by atoms with E-state index in [9.17, 15) is 0 Å². The average Bonchev–Trinajstić information content (AvgIpc) is 2.42. The molecule has 0 saturated heterocycles. The summed E-state index contributed by atoms with van der Waals surface area (Å²) in [4.78, 5) is 9.00. The Balaban J connectivity index is 2.02. The van der Waals surface area contributed by atoms with Gasteiger partial charge in [0.25, 0.3) is 0 Å². The van der Waals surface area contributed by atoms with Gasteiger partial charge in [-0.3, -0.25) is 0 Å². The van der Waals surface area contributed by atoms with Crippen molar-refractivity contribution in [3.63, 3.8) is 0 Å². The number of halogens is 1. The zero-order valence-electron chi connectivity index (χ0n) is 11.3. The highest BCUT2D eigenvalue weighted by atomic mass is 79.9. The Labute approximate surface area is 126 Å². The minimum absolute atomic E-state index is 0.788. The quantitative estimate of drug-likeness (QED) is 0.737. The molecule has 0 aliphatic heterocycles. The van der Waals surface area contributed by atoms with E-state index in [2.05, 4.69) is 57.4 Å². The number of hydrogen-bond acceptors (Lipinski definition) is 3. The predicted molar refractivity (Wildman–Crippen MR) is 86.4 cm³/mol. The Morgan fingerprint density at radius 3 is 2.65 bits per heavy atom. The van der Waals surface area contributed by atoms with Crippen LogP contribution >= 0.6 is 15.9 Å². The number of hydrogen-bond donors (Lipinski definition) is 1. The van der Waals surface area contributed by atoms with E-state index in [0.717, 1.165) is 32.6 Å². The van der Waals surface area contributed by atoms with Gasteiger partial charge in [-0.1, -0.05) is 12.1 Å². The van der Waals surface area contributed by atoms with Crippen LogP contribution in [0.5, 0.6) is 0 Å². The maximum atomic E-state index is 4.69. The summed E-state index contributed by atoms with van der Waals surface area (Å²) in [5, 5.41) is 4.42. The van der Waals surface area contributed by atoms with Gasteiger partial charge in [-0.05, 0) is 65.2 Å². The maximum Gasteiger partial charge on any atom is 0.135 e. The van der Waals surface area contributed by atoms with Crippen LogP contribution in [0.4, 0.5) is 11.6 Å². The Morgan fingerprint density at radius 1 is 1.05 bits per heavy atom. The molecule has 2 aromatic heterocycles. The van der Waals surface area contributed by atoms with Crippen LogP contribution in [0.1, 0.15) is 11.1 Å². The van der Waals surface area contributed by atoms with Gasteiger partial charge in [0.1, 0.15) is 11.6 Å². The van der Waals surface area contributed by atoms with Gasteiger partial charge in [0.2, 0.25) is 0 Å². The van der Waals surface area contributed by atoms with Crippen molar-refractivity contribution < 1.29 is 0 Å². The molecule has 100 valence electrons. The molecule has 3 nitrogen and oxygen atoms in total. The fourth-order valence-corrected chi connectivity index (χ4v) is 2.31. The monoisotopic (exact) mass is 327 g/mol. The van der Waals surface area contributed by atoms with E-state index in [4.69, 9.17) is 4.98 Å². The topological polar surface area (TPSA) is 37.8 Å². The highest BCUT2D eigenvalue weighted by Gasteiger charge is 2.05. The fraction of sp³-hybridized carbons (Fsp3) is 0.125. The lowest BCUT2D eigenvalue weighted by Gasteiger charge is -2.10. The molecule has 0 amide bonds. The highest BCUT2D eigenvalue weighted by Crippen LogP contribution is 2.23. The minimum Gasteiger partial charge on any atom is -0.325 e. The first kappa shape index (κ1) is 13.1. The molecule has 1 aromatic carbocycles. The molecule has 0 aliphatic rings. The van der Waals surface area contributed by atoms with Gasteiger partial charge in [-0.25, -0.2) is 9.97 Å². The molecule has 4 heteroatoms. The van der Waals surface area contributed by atoms with Gasteiger partial charge in [-0.2, -0.15) is 0 Å². The van der Waals surface area contributed by atoms with Crippen molar-refractivity contribution in [2.75, 3.05) is 5.32 Å². The van der Waals surface area contributed by atoms with Crippen LogP contribution in [-0.2, 0) is 0 Å². The van der Waals surface area contributed by atoms with Crippen molar-refractivity contribution in [2.45, 2.75) is 13.8 Å². The molecule has 0 spiro atoms. The van der Waals surface area contributed by atoms with E-state index in [-0.39, 0.29) is 0 Å². The van der Waals surface area contributed by atoms with E-state index < -0.39 is 0 Å². The number of aryl methyl sites for hydroxylation is 2. The Hall–Kier alpha value is -1.94. The summed E-state index contributed by atoms with van der Waals surface area (Å²) in [6, 6.07) is 12.3. The zero-order chi connectivity index (χ0) is 14.1. The normalized spacial score (nSPS) is 10.8. The van der Waals surface area contributed by atoms with Crippen LogP contribution in [0, 0.1) is 13.8 Å². The largest absolute Gasteiger partial charge is 0.325 e. The lowest BCUT2D eigenvalue weighted by Crippen LogP contribution is -1.98. The van der Waals surface area contributed by atoms with Crippen molar-refractivity contribution in [1.29, 1.82) is 0 Å². The number of aromatic nitrogens is 2. The van der Waals surface area contributed by atoms with Gasteiger partial charge in [-0.15, -0.1) is 0 Å². The smallest absolute Gasteiger partial charge is 0.135 e. The second-order valence-electron chi connectivity index (χ2n) is 4.84. The van der Waals surface area contributed by atoms with Crippen molar-refractivity contribution in [3.05, 3.63) is 58.2 Å². The molecule has 0 atom stereocenters. The van der Waals surface area contributed by atoms with Gasteiger partial charge in [0.05, 0.1) is 5.52 Å². The second kappa shape index (κ2) is 5.21. The van der Waals surface area contributed by atoms with Crippen LogP contribution in [0.2, 0.25) is 0 Å². The molecule has 0 radical (unpaired) electrons. The standard InChI is InChI=1S/C16H14BrN3/c1-10-3-4-12-8-11(2)16(19-14(12)7-10)20-15-6-5-13(17)9-18-15/h3-9H,1-2H3,(H,18,19,20). The number of rotatable bonds is 2. The Morgan fingerprint density at radius 2 is 1.90 bits per heavy atom. The molecule has 0 bridgehead atoms. The van der Waals surface area contributed by atoms with E-state index >= 15 is 0 Å². The van der Waals surface area contributed by atoms with E-state index in [1.807, 2.05) is 19.1 Å². The summed E-state index contributed by atoms with van der Waals surface area (Å²) in [5.74, 6) is 1.63. The number of nitrogens with zero attached hydrogens (tertiary/aromatic N) is 2. The van der Waals surface area contributed by atoms with Crippen LogP contribution in [0.25, 0.3) is 10.9 Å². The lowest BCUT2D eigenvalue weighted by atomic mass is 10.1. The van der Waals surface area contributed by atoms with E-state index in [0.29, 0.717) is 0 Å². The summed E-state index contributed by atoms with van der Waals surface area (Å²) in [5.41, 5.74) is 3.31. The van der Waals surface area contributed by atoms with E-state index in [1.54, 1.807) is 6.20 Å². The van der Waals surface area contributed by atoms with Crippen LogP contribution in [-0.4, -0.2) is 9.97 Å². The maximum absolute atomic E-state index is 4.69. The van der Waals surface area contributed by atoms with Crippen molar-refractivity contribution in [1.82, 2.24) is 9.97 Å². The molecule has 2 heterocycles. The van der Waals surface area contributed by atoms with Gasteiger partial charge >= 0.3 is 0 Å². The molecule has 0 unspecified atom stereocenters. The molecule has 3 aromatic rings. The Bertz CT molecular complexity index is 767. The second-order valence-corrected chi connectivity index (χ2v) is 5.75. The van der Waals surface area contributed by atoms with Gasteiger partial charge in [0.15, 0.2) is 0 Å². The SMILES string of the molecule is Cc1ccc2cc(C)c(Nc3ccc(Br)cn3)nc2c1. The molecular formula is C16H14BrN3. The summed E-state index contributed by atoms with van der Waals surface area (Å²) in [6.45, 7) is 4.12. The van der Waals surface area contributed by atoms with Crippen LogP contribution in [0.3, 0.4) is 0 Å². The highest BCUT2D eigenvalue weighted by molar-refractivity contribution is 9.10. The number of fused-ring (bicyclic) bond motifs is 1. The summed E-state index contributed by atoms with van der Waals surface area (Å²) >= 11 is 3.38. The lowest BCUT2D eigenvalue weighted by molar-refractivity contribution is 1.24. The number of nitrogens with one attached hydrogen (secondary N) is 1. The fourth-order valence-electron chi connectivity index (χ4n) is 2.08. The van der Waals surface area contributed by atoms with Gasteiger partial charge < -0.3 is 5.32 Å². The molecule has 0 saturated carbocycles. The number of pyridine rings is 2. The number of anilines is 2. The third-order valence-corrected chi connectivity index (χ3v) is 3.61. The average molecular weight is 328 g/mol.